The Balaban J connectivity index is 1.13. The number of anilines is 2. The standard InChI is InChI=1S/C27H28N6O3/c1-17(2)25(26(35)36)33-12-20(11-28-33)32-15-27(16-32)13-31(14-27)19-7-8-22-18(9-19)10-23(30-29-22)21-5-3-4-6-24(21)34/h3-12,17,25,34H,13-16H2,1-2H3,(H,35,36). The van der Waals surface area contributed by atoms with E-state index in [1.54, 1.807) is 23.0 Å². The van der Waals surface area contributed by atoms with Crippen molar-refractivity contribution in [3.05, 3.63) is 60.9 Å². The van der Waals surface area contributed by atoms with Crippen molar-refractivity contribution in [1.29, 1.82) is 0 Å². The summed E-state index contributed by atoms with van der Waals surface area (Å²) in [7, 11) is 0. The summed E-state index contributed by atoms with van der Waals surface area (Å²) in [6.45, 7) is 7.60. The van der Waals surface area contributed by atoms with Crippen LogP contribution in [-0.2, 0) is 4.79 Å². The van der Waals surface area contributed by atoms with Gasteiger partial charge in [-0.05, 0) is 42.3 Å². The van der Waals surface area contributed by atoms with Crippen LogP contribution in [0.15, 0.2) is 60.9 Å². The number of nitrogens with zero attached hydrogens (tertiary/aromatic N) is 6. The molecule has 2 N–H and O–H groups in total. The van der Waals surface area contributed by atoms with Crippen LogP contribution in [0.4, 0.5) is 11.4 Å². The minimum absolute atomic E-state index is 0.0411. The topological polar surface area (TPSA) is 108 Å². The molecule has 36 heavy (non-hydrogen) atoms. The van der Waals surface area contributed by atoms with E-state index in [-0.39, 0.29) is 17.1 Å². The van der Waals surface area contributed by atoms with Gasteiger partial charge in [0.1, 0.15) is 5.75 Å². The molecule has 2 aliphatic rings. The molecule has 1 unspecified atom stereocenters. The average Bonchev–Trinajstić information content (AvgIpc) is 3.25. The van der Waals surface area contributed by atoms with E-state index in [2.05, 4.69) is 37.2 Å². The Labute approximate surface area is 208 Å². The second-order valence-corrected chi connectivity index (χ2v) is 10.4. The number of carboxylic acids is 1. The Hall–Kier alpha value is -4.14. The van der Waals surface area contributed by atoms with E-state index >= 15 is 0 Å². The van der Waals surface area contributed by atoms with Crippen LogP contribution in [0.3, 0.4) is 0 Å². The molecule has 1 atom stereocenters. The number of benzene rings is 2. The third-order valence-corrected chi connectivity index (χ3v) is 7.34. The molecular formula is C27H28N6O3. The van der Waals surface area contributed by atoms with Gasteiger partial charge >= 0.3 is 5.97 Å². The van der Waals surface area contributed by atoms with Crippen molar-refractivity contribution in [3.63, 3.8) is 0 Å². The predicted octanol–water partition coefficient (Wildman–Crippen LogP) is 3.81. The van der Waals surface area contributed by atoms with Crippen LogP contribution in [0.2, 0.25) is 0 Å². The fourth-order valence-electron chi connectivity index (χ4n) is 5.49. The van der Waals surface area contributed by atoms with Crippen molar-refractivity contribution in [1.82, 2.24) is 20.0 Å². The number of fused-ring (bicyclic) bond motifs is 1. The molecule has 0 radical (unpaired) electrons. The van der Waals surface area contributed by atoms with Gasteiger partial charge in [-0.15, -0.1) is 10.2 Å². The van der Waals surface area contributed by atoms with Gasteiger partial charge in [0.25, 0.3) is 0 Å². The highest BCUT2D eigenvalue weighted by molar-refractivity contribution is 5.86. The van der Waals surface area contributed by atoms with E-state index in [1.165, 1.54) is 0 Å². The summed E-state index contributed by atoms with van der Waals surface area (Å²) >= 11 is 0. The monoisotopic (exact) mass is 484 g/mol. The molecule has 9 heteroatoms. The summed E-state index contributed by atoms with van der Waals surface area (Å²) in [5, 5.41) is 33.7. The fourth-order valence-corrected chi connectivity index (χ4v) is 5.49. The van der Waals surface area contributed by atoms with Gasteiger partial charge in [0.2, 0.25) is 0 Å². The van der Waals surface area contributed by atoms with E-state index in [0.717, 1.165) is 48.5 Å². The summed E-state index contributed by atoms with van der Waals surface area (Å²) in [5.74, 6) is -0.709. The minimum atomic E-state index is -0.858. The lowest BCUT2D eigenvalue weighted by Crippen LogP contribution is -2.72. The zero-order chi connectivity index (χ0) is 25.0. The number of carbonyl (C=O) groups is 1. The van der Waals surface area contributed by atoms with E-state index < -0.39 is 12.0 Å². The van der Waals surface area contributed by atoms with Crippen molar-refractivity contribution >= 4 is 28.2 Å². The largest absolute Gasteiger partial charge is 0.507 e. The maximum atomic E-state index is 11.6. The lowest BCUT2D eigenvalue weighted by Gasteiger charge is -2.61. The van der Waals surface area contributed by atoms with Crippen molar-refractivity contribution in [2.24, 2.45) is 11.3 Å². The molecular weight excluding hydrogens is 456 g/mol. The third kappa shape index (κ3) is 3.71. The number of aromatic hydroxyl groups is 1. The van der Waals surface area contributed by atoms with Crippen LogP contribution >= 0.6 is 0 Å². The smallest absolute Gasteiger partial charge is 0.328 e. The lowest BCUT2D eigenvalue weighted by molar-refractivity contribution is -0.142. The molecule has 2 aromatic carbocycles. The summed E-state index contributed by atoms with van der Waals surface area (Å²) < 4.78 is 1.57. The zero-order valence-corrected chi connectivity index (χ0v) is 20.2. The van der Waals surface area contributed by atoms with Gasteiger partial charge in [-0.2, -0.15) is 5.10 Å². The van der Waals surface area contributed by atoms with Gasteiger partial charge in [0.05, 0.1) is 23.1 Å². The number of hydrogen-bond donors (Lipinski definition) is 2. The number of para-hydroxylation sites is 1. The Morgan fingerprint density at radius 1 is 0.972 bits per heavy atom. The second-order valence-electron chi connectivity index (χ2n) is 10.4. The highest BCUT2D eigenvalue weighted by Crippen LogP contribution is 2.44. The molecule has 9 nitrogen and oxygen atoms in total. The SMILES string of the molecule is CC(C)C(C(=O)O)n1cc(N2CC3(CN(c4ccc5nnc(-c6ccccc6O)cc5c4)C3)C2)cn1. The number of rotatable bonds is 6. The molecule has 2 saturated heterocycles. The quantitative estimate of drug-likeness (QED) is 0.426. The van der Waals surface area contributed by atoms with E-state index in [0.29, 0.717) is 11.3 Å². The maximum absolute atomic E-state index is 11.6. The number of carboxylic acid groups (broad SMARTS) is 1. The Kier molecular flexibility index (Phi) is 5.10. The first-order valence-corrected chi connectivity index (χ1v) is 12.1. The van der Waals surface area contributed by atoms with Gasteiger partial charge in [0, 0.05) is 54.4 Å². The molecule has 2 fully saturated rings. The van der Waals surface area contributed by atoms with Crippen LogP contribution in [-0.4, -0.2) is 62.3 Å². The van der Waals surface area contributed by atoms with Crippen molar-refractivity contribution in [2.45, 2.75) is 19.9 Å². The number of phenolic OH excluding ortho intramolecular Hbond substituents is 1. The van der Waals surface area contributed by atoms with Crippen LogP contribution in [0.25, 0.3) is 22.2 Å². The summed E-state index contributed by atoms with van der Waals surface area (Å²) in [4.78, 5) is 16.3. The first-order valence-electron chi connectivity index (χ1n) is 12.1. The second kappa shape index (κ2) is 8.22. The van der Waals surface area contributed by atoms with Gasteiger partial charge < -0.3 is 20.0 Å². The molecule has 2 aromatic heterocycles. The van der Waals surface area contributed by atoms with Crippen LogP contribution in [0, 0.1) is 11.3 Å². The molecule has 0 aliphatic carbocycles. The fraction of sp³-hybridized carbons (Fsp3) is 0.333. The highest BCUT2D eigenvalue weighted by atomic mass is 16.4. The summed E-state index contributed by atoms with van der Waals surface area (Å²) in [5.41, 5.74) is 4.51. The number of aliphatic carboxylic acids is 1. The first kappa shape index (κ1) is 22.3. The molecule has 4 heterocycles. The molecule has 0 amide bonds. The highest BCUT2D eigenvalue weighted by Gasteiger charge is 2.52. The van der Waals surface area contributed by atoms with Crippen molar-refractivity contribution < 1.29 is 15.0 Å². The van der Waals surface area contributed by atoms with Crippen molar-refractivity contribution in [3.8, 4) is 17.0 Å². The van der Waals surface area contributed by atoms with E-state index in [9.17, 15) is 15.0 Å². The summed E-state index contributed by atoms with van der Waals surface area (Å²) in [6.07, 6.45) is 3.63. The van der Waals surface area contributed by atoms with Gasteiger partial charge in [-0.25, -0.2) is 4.79 Å². The van der Waals surface area contributed by atoms with Gasteiger partial charge in [0.15, 0.2) is 6.04 Å². The number of phenols is 1. The maximum Gasteiger partial charge on any atom is 0.328 e. The summed E-state index contributed by atoms with van der Waals surface area (Å²) in [6, 6.07) is 14.7. The lowest BCUT2D eigenvalue weighted by atomic mass is 9.72. The molecule has 2 aliphatic heterocycles. The predicted molar refractivity (Wildman–Crippen MR) is 137 cm³/mol. The van der Waals surface area contributed by atoms with Crippen molar-refractivity contribution in [2.75, 3.05) is 36.0 Å². The van der Waals surface area contributed by atoms with Crippen LogP contribution in [0.1, 0.15) is 19.9 Å². The third-order valence-electron chi connectivity index (χ3n) is 7.34. The van der Waals surface area contributed by atoms with Crippen LogP contribution in [0.5, 0.6) is 5.75 Å². The molecule has 184 valence electrons. The van der Waals surface area contributed by atoms with Gasteiger partial charge in [-0.1, -0.05) is 26.0 Å². The van der Waals surface area contributed by atoms with E-state index in [1.807, 2.05) is 44.3 Å². The molecule has 6 rings (SSSR count). The van der Waals surface area contributed by atoms with Gasteiger partial charge in [-0.3, -0.25) is 4.68 Å². The Bertz CT molecular complexity index is 1450. The first-order chi connectivity index (χ1) is 17.3. The van der Waals surface area contributed by atoms with E-state index in [4.69, 9.17) is 0 Å². The molecule has 0 saturated carbocycles. The van der Waals surface area contributed by atoms with Crippen LogP contribution < -0.4 is 9.80 Å². The molecule has 4 aromatic rings. The minimum Gasteiger partial charge on any atom is -0.507 e. The normalized spacial score (nSPS) is 17.3. The zero-order valence-electron chi connectivity index (χ0n) is 20.2. The molecule has 1 spiro atoms. The average molecular weight is 485 g/mol. The Morgan fingerprint density at radius 2 is 1.69 bits per heavy atom. The molecule has 0 bridgehead atoms. The Morgan fingerprint density at radius 3 is 2.39 bits per heavy atom. The number of hydrogen-bond acceptors (Lipinski definition) is 7. The number of aromatic nitrogens is 4.